The van der Waals surface area contributed by atoms with E-state index in [0.29, 0.717) is 16.7 Å². The number of hydrogen-bond donors (Lipinski definition) is 0. The standard InChI is InChI=1S/C20H18N4O5/c21-8-4-9-23(11-15-5-3-10-28-15)18(25)13-29-19(26)12-24-14-22-17-7-2-1-6-16(17)20(24)27/h1-3,5-7,10,14H,4,9,11-13H2. The molecule has 0 N–H and O–H groups in total. The minimum atomic E-state index is -0.740. The Balaban J connectivity index is 1.60. The van der Waals surface area contributed by atoms with E-state index in [1.54, 1.807) is 36.4 Å². The molecule has 0 radical (unpaired) electrons. The Labute approximate surface area is 165 Å². The molecule has 3 aromatic rings. The minimum Gasteiger partial charge on any atom is -0.467 e. The molecule has 0 aliphatic heterocycles. The maximum Gasteiger partial charge on any atom is 0.326 e. The van der Waals surface area contributed by atoms with Crippen molar-refractivity contribution in [1.29, 1.82) is 5.26 Å². The van der Waals surface area contributed by atoms with Crippen LogP contribution in [0.3, 0.4) is 0 Å². The molecule has 0 aliphatic carbocycles. The number of nitrogens with zero attached hydrogens (tertiary/aromatic N) is 4. The summed E-state index contributed by atoms with van der Waals surface area (Å²) in [7, 11) is 0. The van der Waals surface area contributed by atoms with E-state index >= 15 is 0 Å². The van der Waals surface area contributed by atoms with E-state index in [9.17, 15) is 14.4 Å². The first kappa shape index (κ1) is 19.8. The van der Waals surface area contributed by atoms with Crippen molar-refractivity contribution in [3.8, 4) is 6.07 Å². The fraction of sp³-hybridized carbons (Fsp3) is 0.250. The molecule has 0 unspecified atom stereocenters. The number of nitriles is 1. The molecule has 3 rings (SSSR count). The molecule has 0 fully saturated rings. The van der Waals surface area contributed by atoms with E-state index in [4.69, 9.17) is 14.4 Å². The van der Waals surface area contributed by atoms with Crippen LogP contribution in [-0.4, -0.2) is 39.5 Å². The first-order valence-electron chi connectivity index (χ1n) is 8.85. The summed E-state index contributed by atoms with van der Waals surface area (Å²) < 4.78 is 11.4. The zero-order chi connectivity index (χ0) is 20.6. The fourth-order valence-electron chi connectivity index (χ4n) is 2.70. The second-order valence-electron chi connectivity index (χ2n) is 6.16. The highest BCUT2D eigenvalue weighted by atomic mass is 16.5. The number of benzene rings is 1. The lowest BCUT2D eigenvalue weighted by molar-refractivity contribution is -0.152. The number of ether oxygens (including phenoxy) is 1. The number of hydrogen-bond acceptors (Lipinski definition) is 7. The Bertz CT molecular complexity index is 1100. The van der Waals surface area contributed by atoms with Crippen LogP contribution in [0.4, 0.5) is 0 Å². The number of aromatic nitrogens is 2. The van der Waals surface area contributed by atoms with Crippen LogP contribution in [0, 0.1) is 11.3 Å². The molecular formula is C20H18N4O5. The van der Waals surface area contributed by atoms with Gasteiger partial charge in [0, 0.05) is 6.54 Å². The van der Waals surface area contributed by atoms with Crippen molar-refractivity contribution in [3.63, 3.8) is 0 Å². The van der Waals surface area contributed by atoms with E-state index in [1.165, 1.54) is 17.5 Å². The quantitative estimate of drug-likeness (QED) is 0.531. The first-order valence-corrected chi connectivity index (χ1v) is 8.85. The smallest absolute Gasteiger partial charge is 0.326 e. The predicted octanol–water partition coefficient (Wildman–Crippen LogP) is 1.48. The molecule has 1 amide bonds. The van der Waals surface area contributed by atoms with Crippen molar-refractivity contribution in [3.05, 3.63) is 65.1 Å². The predicted molar refractivity (Wildman–Crippen MR) is 101 cm³/mol. The van der Waals surface area contributed by atoms with Crippen LogP contribution in [0.2, 0.25) is 0 Å². The van der Waals surface area contributed by atoms with Crippen LogP contribution in [0.5, 0.6) is 0 Å². The number of furan rings is 1. The summed E-state index contributed by atoms with van der Waals surface area (Å²) in [5.74, 6) is -0.652. The lowest BCUT2D eigenvalue weighted by atomic mass is 10.2. The van der Waals surface area contributed by atoms with Crippen molar-refractivity contribution in [2.24, 2.45) is 0 Å². The molecule has 9 nitrogen and oxygen atoms in total. The zero-order valence-corrected chi connectivity index (χ0v) is 15.5. The van der Waals surface area contributed by atoms with Gasteiger partial charge >= 0.3 is 5.97 Å². The van der Waals surface area contributed by atoms with Gasteiger partial charge in [0.25, 0.3) is 11.5 Å². The summed E-state index contributed by atoms with van der Waals surface area (Å²) in [4.78, 5) is 42.4. The third kappa shape index (κ3) is 5.07. The van der Waals surface area contributed by atoms with Crippen LogP contribution in [0.25, 0.3) is 10.9 Å². The van der Waals surface area contributed by atoms with Crippen LogP contribution >= 0.6 is 0 Å². The zero-order valence-electron chi connectivity index (χ0n) is 15.5. The van der Waals surface area contributed by atoms with E-state index in [2.05, 4.69) is 4.98 Å². The van der Waals surface area contributed by atoms with Gasteiger partial charge in [-0.2, -0.15) is 5.26 Å². The van der Waals surface area contributed by atoms with Gasteiger partial charge in [0.1, 0.15) is 12.3 Å². The van der Waals surface area contributed by atoms with Gasteiger partial charge in [-0.25, -0.2) is 4.98 Å². The van der Waals surface area contributed by atoms with Crippen molar-refractivity contribution in [2.75, 3.05) is 13.2 Å². The third-order valence-corrected chi connectivity index (χ3v) is 4.16. The number of carbonyl (C=O) groups excluding carboxylic acids is 2. The summed E-state index contributed by atoms with van der Waals surface area (Å²) >= 11 is 0. The summed E-state index contributed by atoms with van der Waals surface area (Å²) in [6, 6.07) is 12.2. The number of amides is 1. The molecule has 0 saturated heterocycles. The van der Waals surface area contributed by atoms with Crippen molar-refractivity contribution >= 4 is 22.8 Å². The third-order valence-electron chi connectivity index (χ3n) is 4.16. The van der Waals surface area contributed by atoms with Gasteiger partial charge in [0.2, 0.25) is 0 Å². The topological polar surface area (TPSA) is 118 Å². The molecule has 0 bridgehead atoms. The Morgan fingerprint density at radius 1 is 1.24 bits per heavy atom. The monoisotopic (exact) mass is 394 g/mol. The summed E-state index contributed by atoms with van der Waals surface area (Å²) in [5.41, 5.74) is 0.163. The largest absolute Gasteiger partial charge is 0.467 e. The average Bonchev–Trinajstić information content (AvgIpc) is 3.25. The van der Waals surface area contributed by atoms with E-state index in [-0.39, 0.29) is 31.6 Å². The molecule has 0 atom stereocenters. The minimum absolute atomic E-state index is 0.137. The highest BCUT2D eigenvalue weighted by Gasteiger charge is 2.18. The molecule has 2 aromatic heterocycles. The van der Waals surface area contributed by atoms with Crippen LogP contribution in [-0.2, 0) is 27.4 Å². The van der Waals surface area contributed by atoms with Gasteiger partial charge in [-0.1, -0.05) is 12.1 Å². The lowest BCUT2D eigenvalue weighted by Gasteiger charge is -2.20. The van der Waals surface area contributed by atoms with Gasteiger partial charge in [-0.15, -0.1) is 0 Å². The van der Waals surface area contributed by atoms with E-state index < -0.39 is 18.5 Å². The van der Waals surface area contributed by atoms with E-state index in [0.717, 1.165) is 4.57 Å². The fourth-order valence-corrected chi connectivity index (χ4v) is 2.70. The van der Waals surface area contributed by atoms with Crippen molar-refractivity contribution < 1.29 is 18.7 Å². The average molecular weight is 394 g/mol. The maximum absolute atomic E-state index is 12.4. The molecule has 0 spiro atoms. The Morgan fingerprint density at radius 3 is 2.83 bits per heavy atom. The SMILES string of the molecule is N#CCCN(Cc1ccco1)C(=O)COC(=O)Cn1cnc2ccccc2c1=O. The normalized spacial score (nSPS) is 10.4. The number of carbonyl (C=O) groups is 2. The van der Waals surface area contributed by atoms with Gasteiger partial charge in [0.15, 0.2) is 6.61 Å². The maximum atomic E-state index is 12.4. The molecule has 1 aromatic carbocycles. The molecule has 0 saturated carbocycles. The van der Waals surface area contributed by atoms with Crippen molar-refractivity contribution in [1.82, 2.24) is 14.5 Å². The highest BCUT2D eigenvalue weighted by Crippen LogP contribution is 2.07. The Kier molecular flexibility index (Phi) is 6.37. The molecule has 2 heterocycles. The van der Waals surface area contributed by atoms with Gasteiger partial charge < -0.3 is 14.1 Å². The molecule has 29 heavy (non-hydrogen) atoms. The lowest BCUT2D eigenvalue weighted by Crippen LogP contribution is -2.35. The first-order chi connectivity index (χ1) is 14.1. The highest BCUT2D eigenvalue weighted by molar-refractivity contribution is 5.81. The van der Waals surface area contributed by atoms with Crippen molar-refractivity contribution in [2.45, 2.75) is 19.5 Å². The second kappa shape index (κ2) is 9.32. The number of esters is 1. The number of fused-ring (bicyclic) bond motifs is 1. The summed E-state index contributed by atoms with van der Waals surface area (Å²) in [5, 5.41) is 9.16. The summed E-state index contributed by atoms with van der Waals surface area (Å²) in [6.45, 7) is -0.512. The van der Waals surface area contributed by atoms with E-state index in [1.807, 2.05) is 6.07 Å². The number of para-hydroxylation sites is 1. The summed E-state index contributed by atoms with van der Waals surface area (Å²) in [6.07, 6.45) is 2.89. The Hall–Kier alpha value is -3.93. The van der Waals surface area contributed by atoms with Gasteiger partial charge in [-0.05, 0) is 24.3 Å². The molecule has 9 heteroatoms. The van der Waals surface area contributed by atoms with Gasteiger partial charge in [0.05, 0.1) is 42.5 Å². The van der Waals surface area contributed by atoms with Crippen LogP contribution in [0.15, 0.2) is 58.2 Å². The molecule has 0 aliphatic rings. The second-order valence-corrected chi connectivity index (χ2v) is 6.16. The molecule has 148 valence electrons. The number of rotatable bonds is 8. The van der Waals surface area contributed by atoms with Crippen LogP contribution in [0.1, 0.15) is 12.2 Å². The molecular weight excluding hydrogens is 376 g/mol. The van der Waals surface area contributed by atoms with Crippen LogP contribution < -0.4 is 5.56 Å². The Morgan fingerprint density at radius 2 is 2.07 bits per heavy atom. The van der Waals surface area contributed by atoms with Gasteiger partial charge in [-0.3, -0.25) is 19.0 Å².